The van der Waals surface area contributed by atoms with Gasteiger partial charge in [-0.2, -0.15) is 4.73 Å². The third-order valence-electron chi connectivity index (χ3n) is 2.54. The van der Waals surface area contributed by atoms with Gasteiger partial charge < -0.3 is 10.9 Å². The second kappa shape index (κ2) is 2.42. The Labute approximate surface area is 76.4 Å². The first-order valence-electron chi connectivity index (χ1n) is 4.18. The second-order valence-corrected chi connectivity index (χ2v) is 3.26. The summed E-state index contributed by atoms with van der Waals surface area (Å²) in [5.41, 5.74) is 9.18. The number of benzene rings is 1. The minimum Gasteiger partial charge on any atom is -0.428 e. The monoisotopic (exact) mass is 176 g/mol. The zero-order valence-corrected chi connectivity index (χ0v) is 7.70. The summed E-state index contributed by atoms with van der Waals surface area (Å²) >= 11 is 0. The Hall–Kier alpha value is -1.64. The van der Waals surface area contributed by atoms with Crippen molar-refractivity contribution < 1.29 is 5.21 Å². The van der Waals surface area contributed by atoms with Gasteiger partial charge in [0.25, 0.3) is 0 Å². The fraction of sp³-hybridized carbons (Fsp3) is 0.200. The van der Waals surface area contributed by atoms with E-state index in [2.05, 4.69) is 0 Å². The molecule has 0 spiro atoms. The summed E-state index contributed by atoms with van der Waals surface area (Å²) in [6.45, 7) is 3.83. The summed E-state index contributed by atoms with van der Waals surface area (Å²) in [4.78, 5) is 0. The van der Waals surface area contributed by atoms with Crippen molar-refractivity contribution in [3.63, 3.8) is 0 Å². The van der Waals surface area contributed by atoms with Crippen LogP contribution in [0, 0.1) is 13.8 Å². The van der Waals surface area contributed by atoms with E-state index in [1.54, 1.807) is 0 Å². The Morgan fingerprint density at radius 1 is 1.31 bits per heavy atom. The molecule has 0 atom stereocenters. The normalized spacial score (nSPS) is 10.9. The molecular formula is C10H12N2O. The van der Waals surface area contributed by atoms with Crippen LogP contribution >= 0.6 is 0 Å². The van der Waals surface area contributed by atoms with Crippen molar-refractivity contribution in [1.82, 2.24) is 4.73 Å². The van der Waals surface area contributed by atoms with E-state index in [-0.39, 0.29) is 0 Å². The van der Waals surface area contributed by atoms with Gasteiger partial charge in [0.2, 0.25) is 0 Å². The number of nitrogens with two attached hydrogens (primary N) is 1. The number of aromatic nitrogens is 1. The zero-order valence-electron chi connectivity index (χ0n) is 7.70. The van der Waals surface area contributed by atoms with E-state index in [0.717, 1.165) is 22.2 Å². The molecule has 0 saturated heterocycles. The van der Waals surface area contributed by atoms with Crippen molar-refractivity contribution in [3.8, 4) is 0 Å². The van der Waals surface area contributed by atoms with Crippen molar-refractivity contribution in [3.05, 3.63) is 29.5 Å². The standard InChI is InChI=1S/C10H12N2O/c1-6-7(2)12(13)9-5-3-4-8(11)10(6)9/h3-5,13H,11H2,1-2H3. The molecule has 0 saturated carbocycles. The van der Waals surface area contributed by atoms with Crippen molar-refractivity contribution in [2.75, 3.05) is 5.73 Å². The fourth-order valence-corrected chi connectivity index (χ4v) is 1.66. The molecule has 1 heterocycles. The predicted octanol–water partition coefficient (Wildman–Crippen LogP) is 2.08. The highest BCUT2D eigenvalue weighted by Gasteiger charge is 2.11. The van der Waals surface area contributed by atoms with Crippen LogP contribution in [0.2, 0.25) is 0 Å². The van der Waals surface area contributed by atoms with Crippen molar-refractivity contribution in [2.24, 2.45) is 0 Å². The lowest BCUT2D eigenvalue weighted by Gasteiger charge is -1.97. The molecule has 1 aromatic carbocycles. The number of hydrogen-bond acceptors (Lipinski definition) is 2. The Bertz CT molecular complexity index is 471. The Balaban J connectivity index is 3.03. The van der Waals surface area contributed by atoms with Crippen LogP contribution < -0.4 is 5.73 Å². The van der Waals surface area contributed by atoms with E-state index in [4.69, 9.17) is 5.73 Å². The maximum Gasteiger partial charge on any atom is 0.0892 e. The third-order valence-corrected chi connectivity index (χ3v) is 2.54. The summed E-state index contributed by atoms with van der Waals surface area (Å²) in [5, 5.41) is 10.6. The highest BCUT2D eigenvalue weighted by molar-refractivity contribution is 5.94. The summed E-state index contributed by atoms with van der Waals surface area (Å²) in [6.07, 6.45) is 0. The molecule has 0 amide bonds. The van der Waals surface area contributed by atoms with Crippen LogP contribution in [-0.4, -0.2) is 9.94 Å². The number of rotatable bonds is 0. The molecule has 0 fully saturated rings. The molecule has 0 radical (unpaired) electrons. The SMILES string of the molecule is Cc1c(C)n(O)c2cccc(N)c12. The lowest BCUT2D eigenvalue weighted by Crippen LogP contribution is -1.92. The Kier molecular flexibility index (Phi) is 1.49. The quantitative estimate of drug-likeness (QED) is 0.477. The van der Waals surface area contributed by atoms with Gasteiger partial charge in [0, 0.05) is 11.1 Å². The topological polar surface area (TPSA) is 51.2 Å². The predicted molar refractivity (Wildman–Crippen MR) is 53.0 cm³/mol. The second-order valence-electron chi connectivity index (χ2n) is 3.26. The van der Waals surface area contributed by atoms with Gasteiger partial charge in [0.15, 0.2) is 0 Å². The van der Waals surface area contributed by atoms with Gasteiger partial charge in [-0.1, -0.05) is 6.07 Å². The molecule has 0 aliphatic carbocycles. The van der Waals surface area contributed by atoms with Crippen LogP contribution in [0.25, 0.3) is 10.9 Å². The molecule has 3 nitrogen and oxygen atoms in total. The molecule has 3 heteroatoms. The van der Waals surface area contributed by atoms with Crippen LogP contribution in [0.4, 0.5) is 5.69 Å². The van der Waals surface area contributed by atoms with Crippen LogP contribution in [0.1, 0.15) is 11.3 Å². The molecule has 0 bridgehead atoms. The molecule has 2 aromatic rings. The number of nitrogen functional groups attached to an aromatic ring is 1. The molecule has 1 aromatic heterocycles. The maximum atomic E-state index is 9.66. The smallest absolute Gasteiger partial charge is 0.0892 e. The van der Waals surface area contributed by atoms with E-state index >= 15 is 0 Å². The molecule has 0 aliphatic heterocycles. The Morgan fingerprint density at radius 3 is 2.62 bits per heavy atom. The van der Waals surface area contributed by atoms with Gasteiger partial charge in [-0.25, -0.2) is 0 Å². The highest BCUT2D eigenvalue weighted by Crippen LogP contribution is 2.28. The molecular weight excluding hydrogens is 164 g/mol. The fourth-order valence-electron chi connectivity index (χ4n) is 1.66. The Morgan fingerprint density at radius 2 is 2.00 bits per heavy atom. The van der Waals surface area contributed by atoms with Crippen LogP contribution in [0.3, 0.4) is 0 Å². The van der Waals surface area contributed by atoms with E-state index in [0.29, 0.717) is 5.69 Å². The third kappa shape index (κ3) is 0.900. The first-order valence-corrected chi connectivity index (χ1v) is 4.18. The minimum absolute atomic E-state index is 0.714. The lowest BCUT2D eigenvalue weighted by molar-refractivity contribution is 0.193. The van der Waals surface area contributed by atoms with Crippen molar-refractivity contribution in [2.45, 2.75) is 13.8 Å². The zero-order chi connectivity index (χ0) is 9.59. The summed E-state index contributed by atoms with van der Waals surface area (Å²) in [7, 11) is 0. The summed E-state index contributed by atoms with van der Waals surface area (Å²) < 4.78 is 1.18. The summed E-state index contributed by atoms with van der Waals surface area (Å²) in [5.74, 6) is 0. The van der Waals surface area contributed by atoms with E-state index in [1.165, 1.54) is 4.73 Å². The van der Waals surface area contributed by atoms with Crippen LogP contribution in [0.15, 0.2) is 18.2 Å². The maximum absolute atomic E-state index is 9.66. The van der Waals surface area contributed by atoms with Gasteiger partial charge in [-0.05, 0) is 31.5 Å². The molecule has 0 aliphatic rings. The van der Waals surface area contributed by atoms with E-state index in [9.17, 15) is 5.21 Å². The average Bonchev–Trinajstić information content (AvgIpc) is 2.33. The molecule has 2 rings (SSSR count). The minimum atomic E-state index is 0.714. The first kappa shape index (κ1) is 7.98. The lowest BCUT2D eigenvalue weighted by atomic mass is 10.1. The highest BCUT2D eigenvalue weighted by atomic mass is 16.5. The molecule has 3 N–H and O–H groups in total. The number of hydrogen-bond donors (Lipinski definition) is 2. The first-order chi connectivity index (χ1) is 6.13. The number of anilines is 1. The van der Waals surface area contributed by atoms with Gasteiger partial charge in [-0.3, -0.25) is 0 Å². The number of aryl methyl sites for hydroxylation is 1. The van der Waals surface area contributed by atoms with Gasteiger partial charge in [-0.15, -0.1) is 0 Å². The van der Waals surface area contributed by atoms with Gasteiger partial charge in [0.1, 0.15) is 0 Å². The molecule has 68 valence electrons. The average molecular weight is 176 g/mol. The number of fused-ring (bicyclic) bond motifs is 1. The summed E-state index contributed by atoms with van der Waals surface area (Å²) in [6, 6.07) is 5.53. The van der Waals surface area contributed by atoms with E-state index in [1.807, 2.05) is 32.0 Å². The van der Waals surface area contributed by atoms with Gasteiger partial charge in [0.05, 0.1) is 11.2 Å². The number of nitrogens with zero attached hydrogens (tertiary/aromatic N) is 1. The van der Waals surface area contributed by atoms with Crippen molar-refractivity contribution in [1.29, 1.82) is 0 Å². The van der Waals surface area contributed by atoms with Crippen molar-refractivity contribution >= 4 is 16.6 Å². The molecule has 0 unspecified atom stereocenters. The largest absolute Gasteiger partial charge is 0.428 e. The van der Waals surface area contributed by atoms with Crippen LogP contribution in [0.5, 0.6) is 0 Å². The van der Waals surface area contributed by atoms with E-state index < -0.39 is 0 Å². The molecule has 13 heavy (non-hydrogen) atoms. The van der Waals surface area contributed by atoms with Crippen LogP contribution in [-0.2, 0) is 0 Å². The van der Waals surface area contributed by atoms with Gasteiger partial charge >= 0.3 is 0 Å².